The van der Waals surface area contributed by atoms with Gasteiger partial charge in [-0.15, -0.1) is 0 Å². The summed E-state index contributed by atoms with van der Waals surface area (Å²) in [5.41, 5.74) is 0. The maximum absolute atomic E-state index is 12.9. The van der Waals surface area contributed by atoms with Crippen molar-refractivity contribution in [3.05, 3.63) is 60.8 Å². The predicted molar refractivity (Wildman–Crippen MR) is 344 cm³/mol. The Balaban J connectivity index is 4.30. The highest BCUT2D eigenvalue weighted by atomic mass is 16.6. The fraction of sp³-hybridized carbons (Fsp3) is 0.822. The molecule has 0 amide bonds. The van der Waals surface area contributed by atoms with Gasteiger partial charge < -0.3 is 14.2 Å². The monoisotopic (exact) mass is 1110 g/mol. The Kier molecular flexibility index (Phi) is 65.1. The minimum absolute atomic E-state index is 0.0793. The zero-order chi connectivity index (χ0) is 57.1. The average Bonchev–Trinajstić information content (AvgIpc) is 3.45. The number of esters is 3. The number of rotatable bonds is 64. The van der Waals surface area contributed by atoms with Gasteiger partial charge in [0, 0.05) is 19.3 Å². The van der Waals surface area contributed by atoms with Crippen molar-refractivity contribution in [2.24, 2.45) is 0 Å². The maximum Gasteiger partial charge on any atom is 0.306 e. The van der Waals surface area contributed by atoms with Crippen LogP contribution < -0.4 is 0 Å². The zero-order valence-corrected chi connectivity index (χ0v) is 52.9. The third-order valence-electron chi connectivity index (χ3n) is 15.5. The molecule has 0 rings (SSSR count). The van der Waals surface area contributed by atoms with Gasteiger partial charge in [0.15, 0.2) is 6.10 Å². The van der Waals surface area contributed by atoms with Crippen LogP contribution in [0.3, 0.4) is 0 Å². The molecule has 0 aliphatic rings. The van der Waals surface area contributed by atoms with Crippen molar-refractivity contribution in [1.82, 2.24) is 0 Å². The summed E-state index contributed by atoms with van der Waals surface area (Å²) in [6.45, 7) is 6.57. The van der Waals surface area contributed by atoms with Crippen LogP contribution in [0.2, 0.25) is 0 Å². The first-order valence-corrected chi connectivity index (χ1v) is 34.8. The van der Waals surface area contributed by atoms with Gasteiger partial charge in [-0.3, -0.25) is 14.4 Å². The molecule has 0 aliphatic carbocycles. The standard InChI is InChI=1S/C73H132O6/c1-4-7-10-13-16-19-22-25-28-31-33-34-35-36-37-38-39-41-42-45-48-51-54-57-60-63-66-72(75)78-69-70(68-77-71(74)65-62-59-56-53-50-47-44-30-27-24-21-18-15-12-9-6-3)79-73(76)67-64-61-58-55-52-49-46-43-40-32-29-26-23-20-17-14-11-8-5-2/h8,11,17,20,26,29-30,40,43-44,70H,4-7,9-10,12-16,18-19,21-25,27-28,31-39,41-42,45-69H2,1-3H3/b11-8-,20-17-,29-26-,43-40-,44-30-. The molecule has 79 heavy (non-hydrogen) atoms. The Labute approximate surface area is 491 Å². The Morgan fingerprint density at radius 1 is 0.266 bits per heavy atom. The smallest absolute Gasteiger partial charge is 0.306 e. The number of carbonyl (C=O) groups excluding carboxylic acids is 3. The third kappa shape index (κ3) is 65.8. The Morgan fingerprint density at radius 3 is 0.785 bits per heavy atom. The number of unbranched alkanes of at least 4 members (excludes halogenated alkanes) is 43. The van der Waals surface area contributed by atoms with Crippen LogP contribution in [0.5, 0.6) is 0 Å². The molecule has 0 aromatic carbocycles. The predicted octanol–water partition coefficient (Wildman–Crippen LogP) is 23.9. The highest BCUT2D eigenvalue weighted by Gasteiger charge is 2.19. The van der Waals surface area contributed by atoms with Gasteiger partial charge in [-0.25, -0.2) is 0 Å². The summed E-state index contributed by atoms with van der Waals surface area (Å²) in [4.78, 5) is 38.4. The number of carbonyl (C=O) groups is 3. The van der Waals surface area contributed by atoms with E-state index in [1.54, 1.807) is 0 Å². The van der Waals surface area contributed by atoms with Gasteiger partial charge in [-0.05, 0) is 83.5 Å². The summed E-state index contributed by atoms with van der Waals surface area (Å²) in [6.07, 6.45) is 86.8. The highest BCUT2D eigenvalue weighted by Crippen LogP contribution is 2.18. The first kappa shape index (κ1) is 76.1. The highest BCUT2D eigenvalue weighted by molar-refractivity contribution is 5.71. The van der Waals surface area contributed by atoms with Crippen molar-refractivity contribution in [3.8, 4) is 0 Å². The molecule has 6 heteroatoms. The Hall–Kier alpha value is -2.89. The molecule has 1 atom stereocenters. The van der Waals surface area contributed by atoms with E-state index in [0.717, 1.165) is 103 Å². The van der Waals surface area contributed by atoms with Gasteiger partial charge in [0.05, 0.1) is 0 Å². The fourth-order valence-corrected chi connectivity index (χ4v) is 10.3. The van der Waals surface area contributed by atoms with Gasteiger partial charge in [-0.2, -0.15) is 0 Å². The lowest BCUT2D eigenvalue weighted by molar-refractivity contribution is -0.167. The molecule has 0 fully saturated rings. The van der Waals surface area contributed by atoms with E-state index in [2.05, 4.69) is 81.5 Å². The van der Waals surface area contributed by atoms with Crippen LogP contribution in [-0.4, -0.2) is 37.2 Å². The van der Waals surface area contributed by atoms with Gasteiger partial charge >= 0.3 is 17.9 Å². The molecule has 0 aliphatic heterocycles. The molecular weight excluding hydrogens is 973 g/mol. The summed E-state index contributed by atoms with van der Waals surface area (Å²) >= 11 is 0. The number of ether oxygens (including phenoxy) is 3. The molecule has 0 aromatic rings. The van der Waals surface area contributed by atoms with Gasteiger partial charge in [0.25, 0.3) is 0 Å². The number of hydrogen-bond donors (Lipinski definition) is 0. The molecule has 6 nitrogen and oxygen atoms in total. The summed E-state index contributed by atoms with van der Waals surface area (Å²) in [7, 11) is 0. The summed E-state index contributed by atoms with van der Waals surface area (Å²) in [6, 6.07) is 0. The first-order valence-electron chi connectivity index (χ1n) is 34.8. The van der Waals surface area contributed by atoms with Crippen LogP contribution in [0.1, 0.15) is 367 Å². The van der Waals surface area contributed by atoms with E-state index < -0.39 is 6.10 Å². The molecule has 0 saturated carbocycles. The lowest BCUT2D eigenvalue weighted by Crippen LogP contribution is -2.30. The quantitative estimate of drug-likeness (QED) is 0.0261. The Morgan fingerprint density at radius 2 is 0.494 bits per heavy atom. The van der Waals surface area contributed by atoms with Gasteiger partial charge in [0.2, 0.25) is 0 Å². The minimum Gasteiger partial charge on any atom is -0.462 e. The molecule has 0 spiro atoms. The average molecular weight is 1110 g/mol. The van der Waals surface area contributed by atoms with Crippen molar-refractivity contribution in [2.75, 3.05) is 13.2 Å². The van der Waals surface area contributed by atoms with E-state index >= 15 is 0 Å². The summed E-state index contributed by atoms with van der Waals surface area (Å²) in [5.74, 6) is -0.880. The normalized spacial score (nSPS) is 12.4. The lowest BCUT2D eigenvalue weighted by atomic mass is 10.0. The van der Waals surface area contributed by atoms with Crippen molar-refractivity contribution in [1.29, 1.82) is 0 Å². The van der Waals surface area contributed by atoms with E-state index in [4.69, 9.17) is 14.2 Å². The molecule has 0 bridgehead atoms. The molecule has 0 radical (unpaired) electrons. The van der Waals surface area contributed by atoms with Crippen LogP contribution in [0.4, 0.5) is 0 Å². The van der Waals surface area contributed by atoms with E-state index in [9.17, 15) is 14.4 Å². The van der Waals surface area contributed by atoms with Gasteiger partial charge in [0.1, 0.15) is 13.2 Å². The topological polar surface area (TPSA) is 78.9 Å². The van der Waals surface area contributed by atoms with E-state index in [1.807, 2.05) is 0 Å². The molecular formula is C73H132O6. The van der Waals surface area contributed by atoms with Crippen molar-refractivity contribution in [2.45, 2.75) is 374 Å². The lowest BCUT2D eigenvalue weighted by Gasteiger charge is -2.18. The van der Waals surface area contributed by atoms with Crippen LogP contribution in [0.15, 0.2) is 60.8 Å². The fourth-order valence-electron chi connectivity index (χ4n) is 10.3. The number of allylic oxidation sites excluding steroid dienone is 10. The van der Waals surface area contributed by atoms with Crippen molar-refractivity contribution < 1.29 is 28.6 Å². The SMILES string of the molecule is CC/C=C\C/C=C\C/C=C\C/C=C\CCCCCCCCC(=O)OC(COC(=O)CCCCCCC/C=C\CCCCCCCCC)COC(=O)CCCCCCCCCCCCCCCCCCCCCCCCCCCC. The van der Waals surface area contributed by atoms with Crippen LogP contribution >= 0.6 is 0 Å². The molecule has 1 unspecified atom stereocenters. The van der Waals surface area contributed by atoms with Crippen LogP contribution in [0.25, 0.3) is 0 Å². The molecule has 0 aromatic heterocycles. The molecule has 0 heterocycles. The number of hydrogen-bond acceptors (Lipinski definition) is 6. The molecule has 0 saturated heterocycles. The van der Waals surface area contributed by atoms with E-state index in [0.29, 0.717) is 19.3 Å². The minimum atomic E-state index is -0.786. The second-order valence-corrected chi connectivity index (χ2v) is 23.4. The third-order valence-corrected chi connectivity index (χ3v) is 15.5. The van der Waals surface area contributed by atoms with E-state index in [-0.39, 0.29) is 31.1 Å². The van der Waals surface area contributed by atoms with Crippen molar-refractivity contribution in [3.63, 3.8) is 0 Å². The molecule has 0 N–H and O–H groups in total. The van der Waals surface area contributed by atoms with Gasteiger partial charge in [-0.1, -0.05) is 326 Å². The van der Waals surface area contributed by atoms with Crippen LogP contribution in [-0.2, 0) is 28.6 Å². The van der Waals surface area contributed by atoms with Crippen molar-refractivity contribution >= 4 is 17.9 Å². The zero-order valence-electron chi connectivity index (χ0n) is 52.9. The maximum atomic E-state index is 12.9. The molecule has 460 valence electrons. The van der Waals surface area contributed by atoms with Crippen LogP contribution in [0, 0.1) is 0 Å². The largest absolute Gasteiger partial charge is 0.462 e. The van der Waals surface area contributed by atoms with E-state index in [1.165, 1.54) is 225 Å². The second kappa shape index (κ2) is 67.6. The second-order valence-electron chi connectivity index (χ2n) is 23.4. The summed E-state index contributed by atoms with van der Waals surface area (Å²) in [5, 5.41) is 0. The first-order chi connectivity index (χ1) is 39.0. The Bertz CT molecular complexity index is 1410. The summed E-state index contributed by atoms with van der Waals surface area (Å²) < 4.78 is 17.0.